The zero-order valence-electron chi connectivity index (χ0n) is 13.7. The van der Waals surface area contributed by atoms with Gasteiger partial charge < -0.3 is 10.2 Å². The predicted molar refractivity (Wildman–Crippen MR) is 90.8 cm³/mol. The van der Waals surface area contributed by atoms with Gasteiger partial charge in [-0.05, 0) is 18.2 Å². The topological polar surface area (TPSA) is 53.4 Å². The summed E-state index contributed by atoms with van der Waals surface area (Å²) in [6.45, 7) is -0.571. The highest BCUT2D eigenvalue weighted by Crippen LogP contribution is 2.20. The average molecular weight is 388 g/mol. The van der Waals surface area contributed by atoms with Gasteiger partial charge in [-0.15, -0.1) is 0 Å². The number of carbonyl (C=O) groups excluding carboxylic acids is 1. The van der Waals surface area contributed by atoms with E-state index in [9.17, 15) is 18.0 Å². The normalized spacial score (nSPS) is 15.5. The molecule has 1 saturated heterocycles. The largest absolute Gasteiger partial charge is 0.322 e. The summed E-state index contributed by atoms with van der Waals surface area (Å²) in [4.78, 5) is 19.7. The van der Waals surface area contributed by atoms with Gasteiger partial charge in [-0.3, -0.25) is 9.47 Å². The fraction of sp³-hybridized carbons (Fsp3) is 0.375. The predicted octanol–water partition coefficient (Wildman–Crippen LogP) is 3.42. The Balaban J connectivity index is 1.54. The van der Waals surface area contributed by atoms with Crippen LogP contribution in [0.3, 0.4) is 0 Å². The highest BCUT2D eigenvalue weighted by molar-refractivity contribution is 6.30. The third-order valence-corrected chi connectivity index (χ3v) is 4.39. The molecule has 1 aromatic heterocycles. The maximum atomic E-state index is 13.7. The summed E-state index contributed by atoms with van der Waals surface area (Å²) < 4.78 is 40.2. The van der Waals surface area contributed by atoms with Crippen molar-refractivity contribution in [3.63, 3.8) is 0 Å². The number of amides is 2. The molecule has 2 aromatic rings. The molecule has 1 fully saturated rings. The van der Waals surface area contributed by atoms with Crippen molar-refractivity contribution >= 4 is 23.3 Å². The van der Waals surface area contributed by atoms with Gasteiger partial charge in [-0.2, -0.15) is 8.78 Å². The van der Waals surface area contributed by atoms with Crippen LogP contribution >= 0.6 is 11.6 Å². The van der Waals surface area contributed by atoms with Gasteiger partial charge in [0, 0.05) is 43.6 Å². The molecular formula is C16H17ClF3N5O. The highest BCUT2D eigenvalue weighted by atomic mass is 35.5. The lowest BCUT2D eigenvalue weighted by molar-refractivity contribution is 0.0620. The average Bonchev–Trinajstić information content (AvgIpc) is 3.07. The number of nitrogens with one attached hydrogen (secondary N) is 1. The first-order valence-electron chi connectivity index (χ1n) is 7.97. The lowest BCUT2D eigenvalue weighted by Crippen LogP contribution is -2.49. The number of nitrogens with zero attached hydrogens (tertiary/aromatic N) is 4. The summed E-state index contributed by atoms with van der Waals surface area (Å²) in [5, 5.41) is 2.82. The van der Waals surface area contributed by atoms with E-state index in [0.717, 1.165) is 4.57 Å². The standard InChI is InChI=1S/C16H17ClF3N5O/c17-11-1-2-12(18)13(9-11)22-16(26)24-7-5-23(6-8-24)10-14-21-3-4-25(14)15(19)20/h1-4,9,15H,5-8,10H2,(H,22,26). The van der Waals surface area contributed by atoms with Crippen LogP contribution < -0.4 is 5.32 Å². The van der Waals surface area contributed by atoms with Crippen molar-refractivity contribution < 1.29 is 18.0 Å². The number of carbonyl (C=O) groups is 1. The molecule has 0 atom stereocenters. The fourth-order valence-electron chi connectivity index (χ4n) is 2.74. The monoisotopic (exact) mass is 387 g/mol. The van der Waals surface area contributed by atoms with Gasteiger partial charge in [-0.25, -0.2) is 14.2 Å². The molecule has 0 aliphatic carbocycles. The summed E-state index contributed by atoms with van der Waals surface area (Å²) in [6.07, 6.45) is 2.58. The molecule has 0 spiro atoms. The van der Waals surface area contributed by atoms with Gasteiger partial charge in [0.05, 0.1) is 12.2 Å². The number of anilines is 1. The molecule has 6 nitrogen and oxygen atoms in total. The number of piperazine rings is 1. The second-order valence-electron chi connectivity index (χ2n) is 5.85. The Morgan fingerprint density at radius 1 is 1.27 bits per heavy atom. The van der Waals surface area contributed by atoms with E-state index in [1.807, 2.05) is 4.90 Å². The summed E-state index contributed by atoms with van der Waals surface area (Å²) in [5.74, 6) is -0.292. The number of benzene rings is 1. The molecule has 1 aliphatic rings. The van der Waals surface area contributed by atoms with E-state index in [2.05, 4.69) is 10.3 Å². The van der Waals surface area contributed by atoms with Crippen LogP contribution in [0.15, 0.2) is 30.6 Å². The maximum Gasteiger partial charge on any atom is 0.322 e. The number of hydrogen-bond donors (Lipinski definition) is 1. The van der Waals surface area contributed by atoms with E-state index < -0.39 is 18.4 Å². The van der Waals surface area contributed by atoms with Crippen molar-refractivity contribution in [3.05, 3.63) is 47.3 Å². The molecule has 10 heteroatoms. The van der Waals surface area contributed by atoms with Crippen molar-refractivity contribution in [2.24, 2.45) is 0 Å². The number of alkyl halides is 2. The summed E-state index contributed by atoms with van der Waals surface area (Å²) >= 11 is 5.81. The summed E-state index contributed by atoms with van der Waals surface area (Å²) in [7, 11) is 0. The van der Waals surface area contributed by atoms with Crippen molar-refractivity contribution in [1.82, 2.24) is 19.4 Å². The molecule has 1 aromatic carbocycles. The van der Waals surface area contributed by atoms with E-state index in [4.69, 9.17) is 11.6 Å². The number of rotatable bonds is 4. The van der Waals surface area contributed by atoms with Crippen LogP contribution in [0.4, 0.5) is 23.7 Å². The molecule has 0 unspecified atom stereocenters. The minimum Gasteiger partial charge on any atom is -0.322 e. The summed E-state index contributed by atoms with van der Waals surface area (Å²) in [6, 6.07) is 3.49. The van der Waals surface area contributed by atoms with Gasteiger partial charge in [-0.1, -0.05) is 11.6 Å². The molecule has 26 heavy (non-hydrogen) atoms. The number of halogens is 4. The SMILES string of the molecule is O=C(Nc1cc(Cl)ccc1F)N1CCN(Cc2nccn2C(F)F)CC1. The Bertz CT molecular complexity index is 777. The van der Waals surface area contributed by atoms with Gasteiger partial charge in [0.1, 0.15) is 11.6 Å². The number of aromatic nitrogens is 2. The van der Waals surface area contributed by atoms with Crippen LogP contribution in [0.5, 0.6) is 0 Å². The first-order valence-corrected chi connectivity index (χ1v) is 8.35. The Hall–Kier alpha value is -2.26. The maximum absolute atomic E-state index is 13.7. The van der Waals surface area contributed by atoms with E-state index in [1.165, 1.54) is 35.5 Å². The van der Waals surface area contributed by atoms with Crippen LogP contribution in [-0.2, 0) is 6.54 Å². The molecule has 1 aliphatic heterocycles. The Morgan fingerprint density at radius 3 is 2.69 bits per heavy atom. The Morgan fingerprint density at radius 2 is 2.00 bits per heavy atom. The van der Waals surface area contributed by atoms with Crippen LogP contribution in [-0.4, -0.2) is 51.6 Å². The molecule has 0 bridgehead atoms. The molecule has 0 radical (unpaired) electrons. The van der Waals surface area contributed by atoms with Crippen molar-refractivity contribution in [2.75, 3.05) is 31.5 Å². The quantitative estimate of drug-likeness (QED) is 0.874. The molecule has 0 saturated carbocycles. The van der Waals surface area contributed by atoms with Crippen LogP contribution in [0.2, 0.25) is 5.02 Å². The van der Waals surface area contributed by atoms with E-state index >= 15 is 0 Å². The second-order valence-corrected chi connectivity index (χ2v) is 6.28. The van der Waals surface area contributed by atoms with Gasteiger partial charge >= 0.3 is 12.6 Å². The number of imidazole rings is 1. The van der Waals surface area contributed by atoms with Gasteiger partial charge in [0.25, 0.3) is 0 Å². The van der Waals surface area contributed by atoms with Crippen molar-refractivity contribution in [3.8, 4) is 0 Å². The van der Waals surface area contributed by atoms with Crippen LogP contribution in [0, 0.1) is 5.82 Å². The fourth-order valence-corrected chi connectivity index (χ4v) is 2.91. The van der Waals surface area contributed by atoms with E-state index in [0.29, 0.717) is 31.2 Å². The van der Waals surface area contributed by atoms with Gasteiger partial charge in [0.15, 0.2) is 0 Å². The molecule has 1 N–H and O–H groups in total. The highest BCUT2D eigenvalue weighted by Gasteiger charge is 2.23. The minimum absolute atomic E-state index is 0.0175. The summed E-state index contributed by atoms with van der Waals surface area (Å²) in [5.41, 5.74) is 0.0175. The number of urea groups is 1. The smallest absolute Gasteiger partial charge is 0.322 e. The zero-order chi connectivity index (χ0) is 18.7. The van der Waals surface area contributed by atoms with Crippen LogP contribution in [0.25, 0.3) is 0 Å². The second kappa shape index (κ2) is 7.96. The molecule has 3 rings (SSSR count). The lowest BCUT2D eigenvalue weighted by Gasteiger charge is -2.34. The molecule has 2 heterocycles. The molecule has 2 amide bonds. The molecular weight excluding hydrogens is 371 g/mol. The first kappa shape index (κ1) is 18.5. The van der Waals surface area contributed by atoms with Crippen molar-refractivity contribution in [1.29, 1.82) is 0 Å². The third kappa shape index (κ3) is 4.28. The van der Waals surface area contributed by atoms with E-state index in [-0.39, 0.29) is 18.1 Å². The molecule has 140 valence electrons. The zero-order valence-corrected chi connectivity index (χ0v) is 14.5. The lowest BCUT2D eigenvalue weighted by atomic mass is 10.3. The van der Waals surface area contributed by atoms with Gasteiger partial charge in [0.2, 0.25) is 0 Å². The van der Waals surface area contributed by atoms with Crippen molar-refractivity contribution in [2.45, 2.75) is 13.1 Å². The first-order chi connectivity index (χ1) is 12.4. The third-order valence-electron chi connectivity index (χ3n) is 4.15. The number of hydrogen-bond acceptors (Lipinski definition) is 3. The minimum atomic E-state index is -2.63. The van der Waals surface area contributed by atoms with E-state index in [1.54, 1.807) is 0 Å². The Labute approximate surface area is 153 Å². The Kier molecular flexibility index (Phi) is 5.67. The van der Waals surface area contributed by atoms with Crippen LogP contribution in [0.1, 0.15) is 12.4 Å².